The maximum Gasteiger partial charge on any atom is 0.119 e. The van der Waals surface area contributed by atoms with E-state index in [1.165, 1.54) is 0 Å². The third-order valence-corrected chi connectivity index (χ3v) is 3.70. The van der Waals surface area contributed by atoms with Gasteiger partial charge < -0.3 is 9.84 Å². The Hall–Kier alpha value is -1.32. The smallest absolute Gasteiger partial charge is 0.119 e. The van der Waals surface area contributed by atoms with Crippen molar-refractivity contribution in [3.8, 4) is 5.75 Å². The molecule has 1 unspecified atom stereocenters. The van der Waals surface area contributed by atoms with E-state index in [4.69, 9.17) is 4.74 Å². The summed E-state index contributed by atoms with van der Waals surface area (Å²) in [5.41, 5.74) is 1.86. The van der Waals surface area contributed by atoms with E-state index >= 15 is 0 Å². The summed E-state index contributed by atoms with van der Waals surface area (Å²) in [5.74, 6) is 0.821. The first kappa shape index (κ1) is 13.1. The SMILES string of the molecule is CCCOc1cccc(C(O)c2ccsc2C)c1. The highest BCUT2D eigenvalue weighted by Crippen LogP contribution is 2.29. The van der Waals surface area contributed by atoms with Gasteiger partial charge in [0.05, 0.1) is 6.61 Å². The number of thiophene rings is 1. The lowest BCUT2D eigenvalue weighted by molar-refractivity contribution is 0.219. The monoisotopic (exact) mass is 262 g/mol. The number of hydrogen-bond acceptors (Lipinski definition) is 3. The largest absolute Gasteiger partial charge is 0.494 e. The van der Waals surface area contributed by atoms with Crippen molar-refractivity contribution < 1.29 is 9.84 Å². The van der Waals surface area contributed by atoms with E-state index in [-0.39, 0.29) is 0 Å². The zero-order valence-corrected chi connectivity index (χ0v) is 11.5. The van der Waals surface area contributed by atoms with Crippen molar-refractivity contribution in [2.75, 3.05) is 6.61 Å². The van der Waals surface area contributed by atoms with Gasteiger partial charge in [-0.05, 0) is 48.1 Å². The van der Waals surface area contributed by atoms with Crippen molar-refractivity contribution in [2.24, 2.45) is 0 Å². The molecule has 1 heterocycles. The van der Waals surface area contributed by atoms with Crippen LogP contribution in [0, 0.1) is 6.92 Å². The molecule has 3 heteroatoms. The first-order chi connectivity index (χ1) is 8.72. The highest BCUT2D eigenvalue weighted by atomic mass is 32.1. The van der Waals surface area contributed by atoms with Crippen molar-refractivity contribution in [1.29, 1.82) is 0 Å². The van der Waals surface area contributed by atoms with Crippen molar-refractivity contribution in [1.82, 2.24) is 0 Å². The summed E-state index contributed by atoms with van der Waals surface area (Å²) >= 11 is 1.65. The third kappa shape index (κ3) is 2.92. The van der Waals surface area contributed by atoms with Crippen LogP contribution < -0.4 is 4.74 Å². The molecule has 18 heavy (non-hydrogen) atoms. The number of ether oxygens (including phenoxy) is 1. The number of aryl methyl sites for hydroxylation is 1. The lowest BCUT2D eigenvalue weighted by Gasteiger charge is -2.13. The van der Waals surface area contributed by atoms with E-state index in [0.29, 0.717) is 6.61 Å². The summed E-state index contributed by atoms with van der Waals surface area (Å²) in [5, 5.41) is 12.4. The van der Waals surface area contributed by atoms with Crippen LogP contribution in [0.1, 0.15) is 35.5 Å². The summed E-state index contributed by atoms with van der Waals surface area (Å²) in [6, 6.07) is 9.67. The first-order valence-electron chi connectivity index (χ1n) is 6.17. The Labute approximate surface area is 112 Å². The summed E-state index contributed by atoms with van der Waals surface area (Å²) in [6.07, 6.45) is 0.414. The average Bonchev–Trinajstić information content (AvgIpc) is 2.82. The second-order valence-corrected chi connectivity index (χ2v) is 5.38. The van der Waals surface area contributed by atoms with Crippen molar-refractivity contribution in [2.45, 2.75) is 26.4 Å². The molecule has 0 saturated carbocycles. The summed E-state index contributed by atoms with van der Waals surface area (Å²) in [4.78, 5) is 1.15. The fourth-order valence-corrected chi connectivity index (χ4v) is 2.59. The first-order valence-corrected chi connectivity index (χ1v) is 7.05. The van der Waals surface area contributed by atoms with Crippen LogP contribution in [-0.4, -0.2) is 11.7 Å². The Balaban J connectivity index is 2.20. The summed E-state index contributed by atoms with van der Waals surface area (Å²) < 4.78 is 5.59. The van der Waals surface area contributed by atoms with E-state index in [1.54, 1.807) is 11.3 Å². The van der Waals surface area contributed by atoms with Gasteiger partial charge >= 0.3 is 0 Å². The standard InChI is InChI=1S/C15H18O2S/c1-3-8-17-13-6-4-5-12(10-13)15(16)14-7-9-18-11(14)2/h4-7,9-10,15-16H,3,8H2,1-2H3. The number of aliphatic hydroxyl groups excluding tert-OH is 1. The highest BCUT2D eigenvalue weighted by molar-refractivity contribution is 7.10. The molecule has 0 aliphatic heterocycles. The Morgan fingerprint density at radius 1 is 1.33 bits per heavy atom. The molecule has 0 spiro atoms. The van der Waals surface area contributed by atoms with E-state index in [0.717, 1.165) is 28.2 Å². The zero-order chi connectivity index (χ0) is 13.0. The van der Waals surface area contributed by atoms with Gasteiger partial charge in [0.15, 0.2) is 0 Å². The molecule has 1 aromatic heterocycles. The van der Waals surface area contributed by atoms with Crippen LogP contribution in [0.4, 0.5) is 0 Å². The topological polar surface area (TPSA) is 29.5 Å². The molecule has 0 amide bonds. The molecule has 1 atom stereocenters. The molecule has 0 bridgehead atoms. The van der Waals surface area contributed by atoms with Gasteiger partial charge in [0.1, 0.15) is 11.9 Å². The second kappa shape index (κ2) is 6.03. The zero-order valence-electron chi connectivity index (χ0n) is 10.7. The Morgan fingerprint density at radius 2 is 2.17 bits per heavy atom. The van der Waals surface area contributed by atoms with Gasteiger partial charge in [-0.1, -0.05) is 19.1 Å². The quantitative estimate of drug-likeness (QED) is 0.884. The normalized spacial score (nSPS) is 12.4. The maximum absolute atomic E-state index is 10.4. The predicted molar refractivity (Wildman–Crippen MR) is 75.3 cm³/mol. The predicted octanol–water partition coefficient (Wildman–Crippen LogP) is 3.93. The Morgan fingerprint density at radius 3 is 2.83 bits per heavy atom. The minimum Gasteiger partial charge on any atom is -0.494 e. The van der Waals surface area contributed by atoms with E-state index in [9.17, 15) is 5.11 Å². The number of aliphatic hydroxyl groups is 1. The second-order valence-electron chi connectivity index (χ2n) is 4.26. The van der Waals surface area contributed by atoms with Gasteiger partial charge in [0, 0.05) is 4.88 Å². The molecule has 2 nitrogen and oxygen atoms in total. The molecule has 0 saturated heterocycles. The van der Waals surface area contributed by atoms with Crippen LogP contribution >= 0.6 is 11.3 Å². The molecule has 0 radical (unpaired) electrons. The lowest BCUT2D eigenvalue weighted by atomic mass is 10.0. The van der Waals surface area contributed by atoms with Gasteiger partial charge in [-0.2, -0.15) is 0 Å². The van der Waals surface area contributed by atoms with Gasteiger partial charge in [-0.3, -0.25) is 0 Å². The van der Waals surface area contributed by atoms with Gasteiger partial charge in [0.2, 0.25) is 0 Å². The average molecular weight is 262 g/mol. The van der Waals surface area contributed by atoms with E-state index in [1.807, 2.05) is 42.6 Å². The summed E-state index contributed by atoms with van der Waals surface area (Å²) in [7, 11) is 0. The van der Waals surface area contributed by atoms with Crippen molar-refractivity contribution in [3.63, 3.8) is 0 Å². The minimum atomic E-state index is -0.568. The van der Waals surface area contributed by atoms with Gasteiger partial charge in [0.25, 0.3) is 0 Å². The number of benzene rings is 1. The van der Waals surface area contributed by atoms with Gasteiger partial charge in [-0.25, -0.2) is 0 Å². The van der Waals surface area contributed by atoms with Crippen LogP contribution in [0.3, 0.4) is 0 Å². The molecule has 0 fully saturated rings. The molecule has 2 rings (SSSR count). The molecule has 1 aromatic carbocycles. The van der Waals surface area contributed by atoms with Crippen molar-refractivity contribution >= 4 is 11.3 Å². The highest BCUT2D eigenvalue weighted by Gasteiger charge is 2.14. The molecule has 2 aromatic rings. The molecular formula is C15H18O2S. The van der Waals surface area contributed by atoms with E-state index < -0.39 is 6.10 Å². The van der Waals surface area contributed by atoms with Crippen LogP contribution in [0.15, 0.2) is 35.7 Å². The molecule has 96 valence electrons. The van der Waals surface area contributed by atoms with Crippen LogP contribution in [-0.2, 0) is 0 Å². The van der Waals surface area contributed by atoms with Crippen LogP contribution in [0.2, 0.25) is 0 Å². The Kier molecular flexibility index (Phi) is 4.39. The molecule has 1 N–H and O–H groups in total. The minimum absolute atomic E-state index is 0.568. The van der Waals surface area contributed by atoms with Crippen LogP contribution in [0.25, 0.3) is 0 Å². The van der Waals surface area contributed by atoms with Gasteiger partial charge in [-0.15, -0.1) is 11.3 Å². The molecule has 0 aliphatic carbocycles. The van der Waals surface area contributed by atoms with Crippen LogP contribution in [0.5, 0.6) is 5.75 Å². The van der Waals surface area contributed by atoms with Crippen molar-refractivity contribution in [3.05, 3.63) is 51.7 Å². The number of hydrogen-bond donors (Lipinski definition) is 1. The summed E-state index contributed by atoms with van der Waals surface area (Å²) in [6.45, 7) is 4.81. The lowest BCUT2D eigenvalue weighted by Crippen LogP contribution is -2.01. The Bertz CT molecular complexity index is 505. The molecular weight excluding hydrogens is 244 g/mol. The third-order valence-electron chi connectivity index (χ3n) is 2.84. The fraction of sp³-hybridized carbons (Fsp3) is 0.333. The molecule has 0 aliphatic rings. The fourth-order valence-electron chi connectivity index (χ4n) is 1.85. The maximum atomic E-state index is 10.4. The number of rotatable bonds is 5. The van der Waals surface area contributed by atoms with E-state index in [2.05, 4.69) is 6.92 Å².